The van der Waals surface area contributed by atoms with Crippen LogP contribution in [0.2, 0.25) is 0 Å². The average Bonchev–Trinajstić information content (AvgIpc) is 3.34. The summed E-state index contributed by atoms with van der Waals surface area (Å²) in [5.74, 6) is 1.73. The van der Waals surface area contributed by atoms with E-state index in [2.05, 4.69) is 15.4 Å². The van der Waals surface area contributed by atoms with Crippen molar-refractivity contribution >= 4 is 17.4 Å². The second kappa shape index (κ2) is 7.68. The first-order valence-electron chi connectivity index (χ1n) is 11.2. The Bertz CT molecular complexity index is 1070. The molecule has 0 bridgehead atoms. The third kappa shape index (κ3) is 3.85. The van der Waals surface area contributed by atoms with E-state index in [1.165, 1.54) is 6.20 Å². The SMILES string of the molecule is COC1([C@H]2C(=O)Nc3c(C)nc(CC4CC(Cn5nccc5C(F)(F)F)C4)nc3N2C)CC1. The van der Waals surface area contributed by atoms with E-state index in [1.54, 1.807) is 7.11 Å². The van der Waals surface area contributed by atoms with Gasteiger partial charge in [-0.05, 0) is 50.5 Å². The number of aromatic nitrogens is 4. The number of aryl methyl sites for hydroxylation is 1. The molecule has 3 heterocycles. The number of nitrogens with zero attached hydrogens (tertiary/aromatic N) is 5. The van der Waals surface area contributed by atoms with Crippen LogP contribution in [-0.2, 0) is 28.7 Å². The van der Waals surface area contributed by atoms with Gasteiger partial charge in [0, 0.05) is 33.3 Å². The zero-order chi connectivity index (χ0) is 23.5. The Kier molecular flexibility index (Phi) is 5.15. The van der Waals surface area contributed by atoms with E-state index in [9.17, 15) is 18.0 Å². The maximum Gasteiger partial charge on any atom is 0.433 e. The molecule has 1 amide bonds. The summed E-state index contributed by atoms with van der Waals surface area (Å²) >= 11 is 0. The zero-order valence-electron chi connectivity index (χ0n) is 18.8. The number of methoxy groups -OCH3 is 1. The van der Waals surface area contributed by atoms with Gasteiger partial charge in [0.25, 0.3) is 0 Å². The Morgan fingerprint density at radius 2 is 1.97 bits per heavy atom. The summed E-state index contributed by atoms with van der Waals surface area (Å²) in [7, 11) is 3.49. The topological polar surface area (TPSA) is 85.2 Å². The molecule has 2 aromatic rings. The van der Waals surface area contributed by atoms with Crippen molar-refractivity contribution in [3.8, 4) is 0 Å². The van der Waals surface area contributed by atoms with E-state index in [0.29, 0.717) is 35.4 Å². The first-order valence-corrected chi connectivity index (χ1v) is 11.2. The molecule has 1 atom stereocenters. The largest absolute Gasteiger partial charge is 0.433 e. The van der Waals surface area contributed by atoms with Crippen LogP contribution < -0.4 is 10.2 Å². The molecular weight excluding hydrogens is 437 g/mol. The lowest BCUT2D eigenvalue weighted by Gasteiger charge is -2.39. The number of carbonyl (C=O) groups is 1. The maximum atomic E-state index is 13.1. The van der Waals surface area contributed by atoms with Crippen LogP contribution in [0.5, 0.6) is 0 Å². The van der Waals surface area contributed by atoms with Gasteiger partial charge in [-0.25, -0.2) is 9.97 Å². The Hall–Kier alpha value is -2.69. The van der Waals surface area contributed by atoms with Crippen LogP contribution in [0.25, 0.3) is 0 Å². The van der Waals surface area contributed by atoms with Gasteiger partial charge in [0.15, 0.2) is 5.82 Å². The predicted molar refractivity (Wildman–Crippen MR) is 114 cm³/mol. The number of alkyl halides is 3. The van der Waals surface area contributed by atoms with Gasteiger partial charge in [0.05, 0.1) is 11.3 Å². The van der Waals surface area contributed by atoms with Crippen LogP contribution in [0.1, 0.15) is 42.9 Å². The molecular formula is C22H27F3N6O2. The fourth-order valence-corrected chi connectivity index (χ4v) is 5.31. The van der Waals surface area contributed by atoms with Crippen molar-refractivity contribution in [3.63, 3.8) is 0 Å². The quantitative estimate of drug-likeness (QED) is 0.707. The van der Waals surface area contributed by atoms with Gasteiger partial charge < -0.3 is 15.0 Å². The van der Waals surface area contributed by atoms with E-state index in [4.69, 9.17) is 9.72 Å². The number of halogens is 3. The van der Waals surface area contributed by atoms with Gasteiger partial charge in [0.1, 0.15) is 23.2 Å². The van der Waals surface area contributed by atoms with Crippen LogP contribution in [-0.4, -0.2) is 51.5 Å². The van der Waals surface area contributed by atoms with Crippen molar-refractivity contribution < 1.29 is 22.7 Å². The molecule has 0 spiro atoms. The van der Waals surface area contributed by atoms with Crippen LogP contribution in [0.3, 0.4) is 0 Å². The maximum absolute atomic E-state index is 13.1. The van der Waals surface area contributed by atoms with Gasteiger partial charge >= 0.3 is 6.18 Å². The van der Waals surface area contributed by atoms with E-state index in [-0.39, 0.29) is 18.4 Å². The summed E-state index contributed by atoms with van der Waals surface area (Å²) in [6.07, 6.45) is 0.715. The molecule has 0 saturated heterocycles. The number of hydrogen-bond acceptors (Lipinski definition) is 6. The minimum Gasteiger partial charge on any atom is -0.376 e. The summed E-state index contributed by atoms with van der Waals surface area (Å²) in [6, 6.07) is 0.569. The lowest BCUT2D eigenvalue weighted by Crippen LogP contribution is -2.55. The Labute approximate surface area is 189 Å². The normalized spacial score (nSPS) is 25.9. The highest BCUT2D eigenvalue weighted by Crippen LogP contribution is 2.48. The van der Waals surface area contributed by atoms with Gasteiger partial charge in [-0.3, -0.25) is 9.48 Å². The Morgan fingerprint density at radius 3 is 2.61 bits per heavy atom. The highest BCUT2D eigenvalue weighted by atomic mass is 19.4. The third-order valence-electron chi connectivity index (χ3n) is 7.23. The predicted octanol–water partition coefficient (Wildman–Crippen LogP) is 3.21. The van der Waals surface area contributed by atoms with Crippen molar-refractivity contribution in [1.82, 2.24) is 19.7 Å². The van der Waals surface area contributed by atoms with Crippen LogP contribution in [0.4, 0.5) is 24.7 Å². The number of likely N-dealkylation sites (N-methyl/N-ethyl adjacent to an activating group) is 1. The monoisotopic (exact) mass is 464 g/mol. The average molecular weight is 464 g/mol. The number of ether oxygens (including phenoxy) is 1. The Morgan fingerprint density at radius 1 is 1.24 bits per heavy atom. The number of hydrogen-bond donors (Lipinski definition) is 1. The molecule has 1 N–H and O–H groups in total. The van der Waals surface area contributed by atoms with E-state index in [1.807, 2.05) is 18.9 Å². The molecule has 178 valence electrons. The van der Waals surface area contributed by atoms with Gasteiger partial charge in [-0.2, -0.15) is 18.3 Å². The summed E-state index contributed by atoms with van der Waals surface area (Å²) in [6.45, 7) is 2.11. The first kappa shape index (κ1) is 22.1. The second-order valence-electron chi connectivity index (χ2n) is 9.50. The highest BCUT2D eigenvalue weighted by Gasteiger charge is 2.57. The molecule has 1 aliphatic heterocycles. The summed E-state index contributed by atoms with van der Waals surface area (Å²) in [5, 5.41) is 6.81. The Balaban J connectivity index is 1.26. The first-order chi connectivity index (χ1) is 15.6. The summed E-state index contributed by atoms with van der Waals surface area (Å²) in [5.41, 5.74) is 0.152. The minimum atomic E-state index is -4.39. The number of rotatable bonds is 6. The van der Waals surface area contributed by atoms with E-state index >= 15 is 0 Å². The van der Waals surface area contributed by atoms with Crippen molar-refractivity contribution in [3.05, 3.63) is 29.5 Å². The summed E-state index contributed by atoms with van der Waals surface area (Å²) < 4.78 is 45.9. The molecule has 33 heavy (non-hydrogen) atoms. The number of amides is 1. The van der Waals surface area contributed by atoms with Crippen molar-refractivity contribution in [2.75, 3.05) is 24.4 Å². The lowest BCUT2D eigenvalue weighted by molar-refractivity contribution is -0.144. The molecule has 2 aromatic heterocycles. The van der Waals surface area contributed by atoms with E-state index < -0.39 is 23.5 Å². The van der Waals surface area contributed by atoms with Crippen LogP contribution >= 0.6 is 0 Å². The smallest absolute Gasteiger partial charge is 0.376 e. The molecule has 0 unspecified atom stereocenters. The fourth-order valence-electron chi connectivity index (χ4n) is 5.31. The molecule has 2 fully saturated rings. The number of carbonyl (C=O) groups excluding carboxylic acids is 1. The number of nitrogens with one attached hydrogen (secondary N) is 1. The van der Waals surface area contributed by atoms with Crippen molar-refractivity contribution in [2.45, 2.75) is 63.4 Å². The van der Waals surface area contributed by atoms with E-state index in [0.717, 1.165) is 36.4 Å². The number of anilines is 2. The second-order valence-corrected chi connectivity index (χ2v) is 9.50. The molecule has 0 radical (unpaired) electrons. The fraction of sp³-hybridized carbons (Fsp3) is 0.636. The minimum absolute atomic E-state index is 0.109. The van der Waals surface area contributed by atoms with Gasteiger partial charge in [-0.1, -0.05) is 0 Å². The molecule has 3 aliphatic rings. The highest BCUT2D eigenvalue weighted by molar-refractivity contribution is 6.04. The number of fused-ring (bicyclic) bond motifs is 1. The molecule has 0 aromatic carbocycles. The lowest BCUT2D eigenvalue weighted by atomic mass is 9.73. The van der Waals surface area contributed by atoms with Crippen LogP contribution in [0.15, 0.2) is 12.3 Å². The standard InChI is InChI=1S/C22H27F3N6O2/c1-12-17-19(30(2)18(20(32)29-17)21(33-3)5-6-21)28-16(27-12)10-13-8-14(9-13)11-31-15(4-7-26-31)22(23,24)25/h4,7,13-14,18H,5-6,8-11H2,1-3H3,(H,29,32)/t13?,14?,18-/m1/s1. The van der Waals surface area contributed by atoms with Gasteiger partial charge in [-0.15, -0.1) is 0 Å². The van der Waals surface area contributed by atoms with Gasteiger partial charge in [0.2, 0.25) is 5.91 Å². The third-order valence-corrected chi connectivity index (χ3v) is 7.23. The zero-order valence-corrected chi connectivity index (χ0v) is 18.8. The molecule has 11 heteroatoms. The van der Waals surface area contributed by atoms with Crippen molar-refractivity contribution in [2.24, 2.45) is 11.8 Å². The summed E-state index contributed by atoms with van der Waals surface area (Å²) in [4.78, 5) is 24.0. The van der Waals surface area contributed by atoms with Crippen LogP contribution in [0, 0.1) is 18.8 Å². The molecule has 8 nitrogen and oxygen atoms in total. The molecule has 2 aliphatic carbocycles. The molecule has 2 saturated carbocycles. The van der Waals surface area contributed by atoms with Crippen molar-refractivity contribution in [1.29, 1.82) is 0 Å². The molecule has 5 rings (SSSR count).